The molecule has 1 amide bonds. The summed E-state index contributed by atoms with van der Waals surface area (Å²) < 4.78 is 0. The molecule has 0 heterocycles. The summed E-state index contributed by atoms with van der Waals surface area (Å²) in [6.07, 6.45) is 0. The molecule has 0 aliphatic carbocycles. The molecule has 0 saturated carbocycles. The molecule has 0 aliphatic heterocycles. The summed E-state index contributed by atoms with van der Waals surface area (Å²) in [5.74, 6) is 0.119. The number of hydrogen-bond donors (Lipinski definition) is 1. The highest BCUT2D eigenvalue weighted by molar-refractivity contribution is 5.93. The molecule has 2 N–H and O–H groups in total. The molecule has 3 nitrogen and oxygen atoms in total. The zero-order chi connectivity index (χ0) is 9.68. The maximum atomic E-state index is 11.4. The number of likely N-dealkylation sites (N-methyl/N-ethyl adjacent to an activating group) is 2. The van der Waals surface area contributed by atoms with Crippen LogP contribution in [0.5, 0.6) is 0 Å². The molecule has 0 radical (unpaired) electrons. The Morgan fingerprint density at radius 2 is 2.00 bits per heavy atom. The van der Waals surface area contributed by atoms with Crippen molar-refractivity contribution in [3.8, 4) is 0 Å². The molecule has 1 aromatic carbocycles. The Morgan fingerprint density at radius 1 is 1.38 bits per heavy atom. The molecular weight excluding hydrogens is 164 g/mol. The van der Waals surface area contributed by atoms with E-state index in [4.69, 9.17) is 0 Å². The van der Waals surface area contributed by atoms with Crippen molar-refractivity contribution in [1.29, 1.82) is 0 Å². The quantitative estimate of drug-likeness (QED) is 0.688. The highest BCUT2D eigenvalue weighted by Crippen LogP contribution is 2.09. The number of hydrogen-bond acceptors (Lipinski definition) is 1. The monoisotopic (exact) mass is 179 g/mol. The van der Waals surface area contributed by atoms with Gasteiger partial charge in [-0.05, 0) is 12.1 Å². The van der Waals surface area contributed by atoms with Crippen molar-refractivity contribution < 1.29 is 10.1 Å². The Kier molecular flexibility index (Phi) is 3.46. The van der Waals surface area contributed by atoms with Gasteiger partial charge in [0.1, 0.15) is 0 Å². The van der Waals surface area contributed by atoms with E-state index in [1.54, 1.807) is 11.9 Å². The first-order valence-electron chi connectivity index (χ1n) is 4.35. The van der Waals surface area contributed by atoms with Gasteiger partial charge in [0.25, 0.3) is 5.91 Å². The van der Waals surface area contributed by atoms with Gasteiger partial charge < -0.3 is 10.2 Å². The predicted octanol–water partition coefficient (Wildman–Crippen LogP) is -0.157. The van der Waals surface area contributed by atoms with E-state index in [2.05, 4.69) is 0 Å². The van der Waals surface area contributed by atoms with Gasteiger partial charge in [-0.25, -0.2) is 0 Å². The number of nitrogens with two attached hydrogens (primary N) is 1. The molecule has 0 saturated heterocycles. The molecule has 0 fully saturated rings. The molecule has 3 heteroatoms. The molecule has 0 aliphatic rings. The van der Waals surface area contributed by atoms with Crippen LogP contribution >= 0.6 is 0 Å². The normalized spacial score (nSPS) is 9.69. The minimum absolute atomic E-state index is 0.119. The maximum Gasteiger partial charge on any atom is 0.281 e. The summed E-state index contributed by atoms with van der Waals surface area (Å²) >= 11 is 0. The van der Waals surface area contributed by atoms with Crippen molar-refractivity contribution in [2.24, 2.45) is 0 Å². The van der Waals surface area contributed by atoms with Gasteiger partial charge in [0.05, 0.1) is 7.05 Å². The minimum atomic E-state index is 0.119. The number of carbonyl (C=O) groups excluding carboxylic acids is 1. The van der Waals surface area contributed by atoms with Crippen LogP contribution in [-0.2, 0) is 4.79 Å². The van der Waals surface area contributed by atoms with Crippen molar-refractivity contribution >= 4 is 11.6 Å². The Labute approximate surface area is 78.4 Å². The van der Waals surface area contributed by atoms with Gasteiger partial charge in [-0.3, -0.25) is 4.79 Å². The Morgan fingerprint density at radius 3 is 2.54 bits per heavy atom. The summed E-state index contributed by atoms with van der Waals surface area (Å²) in [4.78, 5) is 13.1. The largest absolute Gasteiger partial charge is 0.341 e. The smallest absolute Gasteiger partial charge is 0.281 e. The first-order valence-corrected chi connectivity index (χ1v) is 4.35. The second kappa shape index (κ2) is 4.62. The van der Waals surface area contributed by atoms with E-state index in [0.29, 0.717) is 6.54 Å². The van der Waals surface area contributed by atoms with Gasteiger partial charge in [-0.2, -0.15) is 0 Å². The standard InChI is InChI=1S/C10H14N2O/c1-11-8-10(13)12(2)9-6-4-3-5-7-9/h3-7,11H,8H2,1-2H3/p+1. The lowest BCUT2D eigenvalue weighted by atomic mass is 10.3. The van der Waals surface area contributed by atoms with E-state index < -0.39 is 0 Å². The van der Waals surface area contributed by atoms with Crippen LogP contribution < -0.4 is 10.2 Å². The summed E-state index contributed by atoms with van der Waals surface area (Å²) in [5.41, 5.74) is 0.939. The summed E-state index contributed by atoms with van der Waals surface area (Å²) in [5, 5.41) is 1.86. The van der Waals surface area contributed by atoms with Crippen LogP contribution in [-0.4, -0.2) is 26.5 Å². The van der Waals surface area contributed by atoms with E-state index in [-0.39, 0.29) is 5.91 Å². The molecule has 70 valence electrons. The Hall–Kier alpha value is -1.35. The van der Waals surface area contributed by atoms with E-state index in [1.165, 1.54) is 0 Å². The lowest BCUT2D eigenvalue weighted by Crippen LogP contribution is -2.82. The van der Waals surface area contributed by atoms with Gasteiger partial charge in [0, 0.05) is 12.7 Å². The molecule has 1 aromatic rings. The lowest BCUT2D eigenvalue weighted by molar-refractivity contribution is -0.615. The van der Waals surface area contributed by atoms with E-state index >= 15 is 0 Å². The van der Waals surface area contributed by atoms with Crippen LogP contribution in [0.25, 0.3) is 0 Å². The Balaban J connectivity index is 2.68. The summed E-state index contributed by atoms with van der Waals surface area (Å²) in [7, 11) is 3.68. The number of nitrogens with zero attached hydrogens (tertiary/aromatic N) is 1. The first-order chi connectivity index (χ1) is 6.25. The van der Waals surface area contributed by atoms with Crippen LogP contribution in [0.1, 0.15) is 0 Å². The number of anilines is 1. The lowest BCUT2D eigenvalue weighted by Gasteiger charge is -2.15. The molecule has 13 heavy (non-hydrogen) atoms. The summed E-state index contributed by atoms with van der Waals surface area (Å²) in [6.45, 7) is 0.491. The van der Waals surface area contributed by atoms with E-state index in [9.17, 15) is 4.79 Å². The van der Waals surface area contributed by atoms with Crippen molar-refractivity contribution in [1.82, 2.24) is 0 Å². The highest BCUT2D eigenvalue weighted by Gasteiger charge is 2.10. The molecule has 0 atom stereocenters. The topological polar surface area (TPSA) is 36.9 Å². The average molecular weight is 179 g/mol. The Bertz CT molecular complexity index is 272. The molecule has 0 bridgehead atoms. The number of para-hydroxylation sites is 1. The van der Waals surface area contributed by atoms with Crippen molar-refractivity contribution in [2.45, 2.75) is 0 Å². The van der Waals surface area contributed by atoms with Gasteiger partial charge in [-0.15, -0.1) is 0 Å². The van der Waals surface area contributed by atoms with E-state index in [0.717, 1.165) is 5.69 Å². The number of amides is 1. The van der Waals surface area contributed by atoms with Crippen LogP contribution in [0, 0.1) is 0 Å². The first kappa shape index (κ1) is 9.74. The fourth-order valence-electron chi connectivity index (χ4n) is 1.11. The van der Waals surface area contributed by atoms with Crippen LogP contribution in [0.2, 0.25) is 0 Å². The fourth-order valence-corrected chi connectivity index (χ4v) is 1.11. The van der Waals surface area contributed by atoms with Crippen LogP contribution in [0.15, 0.2) is 30.3 Å². The molecule has 0 aromatic heterocycles. The molecule has 0 unspecified atom stereocenters. The van der Waals surface area contributed by atoms with Gasteiger partial charge >= 0.3 is 0 Å². The second-order valence-electron chi connectivity index (χ2n) is 2.90. The zero-order valence-corrected chi connectivity index (χ0v) is 8.03. The third kappa shape index (κ3) is 2.56. The van der Waals surface area contributed by atoms with Gasteiger partial charge in [0.2, 0.25) is 0 Å². The zero-order valence-electron chi connectivity index (χ0n) is 8.03. The number of rotatable bonds is 3. The molecular formula is C10H15N2O+. The maximum absolute atomic E-state index is 11.4. The second-order valence-corrected chi connectivity index (χ2v) is 2.90. The fraction of sp³-hybridized carbons (Fsp3) is 0.300. The van der Waals surface area contributed by atoms with Crippen molar-refractivity contribution in [3.05, 3.63) is 30.3 Å². The summed E-state index contributed by atoms with van der Waals surface area (Å²) in [6, 6.07) is 9.64. The van der Waals surface area contributed by atoms with Crippen molar-refractivity contribution in [3.63, 3.8) is 0 Å². The minimum Gasteiger partial charge on any atom is -0.341 e. The van der Waals surface area contributed by atoms with E-state index in [1.807, 2.05) is 42.7 Å². The molecule has 1 rings (SSSR count). The number of benzene rings is 1. The van der Waals surface area contributed by atoms with Crippen LogP contribution in [0.4, 0.5) is 5.69 Å². The molecule has 0 spiro atoms. The number of carbonyl (C=O) groups is 1. The van der Waals surface area contributed by atoms with Crippen LogP contribution in [0.3, 0.4) is 0 Å². The van der Waals surface area contributed by atoms with Gasteiger partial charge in [-0.1, -0.05) is 18.2 Å². The number of quaternary nitrogens is 1. The van der Waals surface area contributed by atoms with Gasteiger partial charge in [0.15, 0.2) is 6.54 Å². The third-order valence-electron chi connectivity index (χ3n) is 1.90. The average Bonchev–Trinajstić information content (AvgIpc) is 2.18. The highest BCUT2D eigenvalue weighted by atomic mass is 16.2. The van der Waals surface area contributed by atoms with Crippen molar-refractivity contribution in [2.75, 3.05) is 25.5 Å². The third-order valence-corrected chi connectivity index (χ3v) is 1.90. The predicted molar refractivity (Wildman–Crippen MR) is 52.6 cm³/mol. The SMILES string of the molecule is C[NH2+]CC(=O)N(C)c1ccccc1.